The predicted molar refractivity (Wildman–Crippen MR) is 82.4 cm³/mol. The lowest BCUT2D eigenvalue weighted by atomic mass is 10.0. The van der Waals surface area contributed by atoms with Crippen LogP contribution >= 0.6 is 11.8 Å². The van der Waals surface area contributed by atoms with Gasteiger partial charge in [0.25, 0.3) is 11.1 Å². The van der Waals surface area contributed by atoms with E-state index < -0.39 is 11.1 Å². The number of thioether (sulfide) groups is 1. The lowest BCUT2D eigenvalue weighted by Crippen LogP contribution is -2.17. The third-order valence-corrected chi connectivity index (χ3v) is 4.32. The highest BCUT2D eigenvalue weighted by molar-refractivity contribution is 8.18. The molecule has 0 radical (unpaired) electrons. The zero-order chi connectivity index (χ0) is 16.0. The number of benzene rings is 1. The fourth-order valence-corrected chi connectivity index (χ4v) is 3.08. The molecule has 0 atom stereocenters. The Morgan fingerprint density at radius 1 is 1.13 bits per heavy atom. The fourth-order valence-electron chi connectivity index (χ4n) is 2.42. The Bertz CT molecular complexity index is 896. The van der Waals surface area contributed by atoms with Crippen LogP contribution in [0.5, 0.6) is 0 Å². The molecule has 2 aromatic rings. The summed E-state index contributed by atoms with van der Waals surface area (Å²) < 4.78 is 10.7. The standard InChI is InChI=1S/C16H9NO5S/c18-14-13(23-16(20)17-14)6-10-2-4-12(22-10)8-1-3-11-9(5-8)7-21-15(11)19/h1-6H,7H2,(H,17,18,20). The van der Waals surface area contributed by atoms with Gasteiger partial charge in [-0.2, -0.15) is 0 Å². The minimum Gasteiger partial charge on any atom is -0.457 e. The molecule has 7 heteroatoms. The van der Waals surface area contributed by atoms with E-state index in [-0.39, 0.29) is 12.6 Å². The van der Waals surface area contributed by atoms with Gasteiger partial charge in [0.15, 0.2) is 0 Å². The number of furan rings is 1. The molecule has 0 spiro atoms. The van der Waals surface area contributed by atoms with Crippen molar-refractivity contribution in [2.75, 3.05) is 0 Å². The van der Waals surface area contributed by atoms with Crippen LogP contribution in [0.15, 0.2) is 39.7 Å². The van der Waals surface area contributed by atoms with E-state index in [1.54, 1.807) is 24.3 Å². The van der Waals surface area contributed by atoms with Gasteiger partial charge in [-0.3, -0.25) is 14.9 Å². The van der Waals surface area contributed by atoms with E-state index in [0.717, 1.165) is 22.9 Å². The molecule has 0 aliphatic carbocycles. The number of nitrogens with one attached hydrogen (secondary N) is 1. The van der Waals surface area contributed by atoms with Crippen molar-refractivity contribution in [2.24, 2.45) is 0 Å². The summed E-state index contributed by atoms with van der Waals surface area (Å²) in [6.45, 7) is 0.262. The summed E-state index contributed by atoms with van der Waals surface area (Å²) >= 11 is 0.838. The molecule has 1 N–H and O–H groups in total. The summed E-state index contributed by atoms with van der Waals surface area (Å²) in [4.78, 5) is 34.4. The summed E-state index contributed by atoms with van der Waals surface area (Å²) in [5.74, 6) is 0.338. The molecule has 6 nitrogen and oxygen atoms in total. The van der Waals surface area contributed by atoms with E-state index in [4.69, 9.17) is 9.15 Å². The van der Waals surface area contributed by atoms with Crippen LogP contribution in [0.2, 0.25) is 0 Å². The monoisotopic (exact) mass is 327 g/mol. The summed E-state index contributed by atoms with van der Waals surface area (Å²) in [6.07, 6.45) is 1.52. The van der Waals surface area contributed by atoms with Gasteiger partial charge in [-0.15, -0.1) is 0 Å². The molecule has 1 aromatic heterocycles. The highest BCUT2D eigenvalue weighted by Crippen LogP contribution is 2.30. The van der Waals surface area contributed by atoms with Crippen LogP contribution in [0.3, 0.4) is 0 Å². The largest absolute Gasteiger partial charge is 0.457 e. The summed E-state index contributed by atoms with van der Waals surface area (Å²) in [7, 11) is 0. The summed E-state index contributed by atoms with van der Waals surface area (Å²) in [5.41, 5.74) is 2.20. The molecule has 1 saturated heterocycles. The number of fused-ring (bicyclic) bond motifs is 1. The van der Waals surface area contributed by atoms with Crippen LogP contribution in [-0.4, -0.2) is 17.1 Å². The zero-order valence-electron chi connectivity index (χ0n) is 11.6. The molecule has 1 fully saturated rings. The molecule has 4 rings (SSSR count). The first-order valence-corrected chi connectivity index (χ1v) is 7.57. The average Bonchev–Trinajstić information content (AvgIpc) is 3.21. The number of imide groups is 1. The second kappa shape index (κ2) is 5.13. The smallest absolute Gasteiger partial charge is 0.338 e. The zero-order valence-corrected chi connectivity index (χ0v) is 12.4. The minimum absolute atomic E-state index is 0.262. The van der Waals surface area contributed by atoms with Crippen molar-refractivity contribution in [3.8, 4) is 11.3 Å². The van der Waals surface area contributed by atoms with Crippen LogP contribution < -0.4 is 5.32 Å². The maximum atomic E-state index is 11.5. The Morgan fingerprint density at radius 3 is 2.78 bits per heavy atom. The van der Waals surface area contributed by atoms with Gasteiger partial charge < -0.3 is 9.15 Å². The van der Waals surface area contributed by atoms with Gasteiger partial charge in [0.05, 0.1) is 10.5 Å². The average molecular weight is 327 g/mol. The fraction of sp³-hybridized carbons (Fsp3) is 0.0625. The van der Waals surface area contributed by atoms with Gasteiger partial charge in [-0.25, -0.2) is 4.79 Å². The molecule has 1 aromatic carbocycles. The van der Waals surface area contributed by atoms with E-state index >= 15 is 0 Å². The molecule has 0 unspecified atom stereocenters. The Labute approximate surface area is 134 Å². The van der Waals surface area contributed by atoms with E-state index in [1.165, 1.54) is 6.08 Å². The van der Waals surface area contributed by atoms with E-state index in [2.05, 4.69) is 5.32 Å². The van der Waals surface area contributed by atoms with Crippen LogP contribution in [-0.2, 0) is 16.1 Å². The van der Waals surface area contributed by atoms with Crippen LogP contribution in [0.25, 0.3) is 17.4 Å². The van der Waals surface area contributed by atoms with E-state index in [9.17, 15) is 14.4 Å². The third-order valence-electron chi connectivity index (χ3n) is 3.51. The first kappa shape index (κ1) is 13.8. The van der Waals surface area contributed by atoms with Crippen molar-refractivity contribution in [1.82, 2.24) is 5.32 Å². The van der Waals surface area contributed by atoms with E-state index in [0.29, 0.717) is 22.0 Å². The predicted octanol–water partition coefficient (Wildman–Crippen LogP) is 2.94. The number of amides is 2. The molecule has 3 heterocycles. The number of carbonyl (C=O) groups is 3. The Balaban J connectivity index is 1.64. The summed E-state index contributed by atoms with van der Waals surface area (Å²) in [6, 6.07) is 8.82. The Morgan fingerprint density at radius 2 is 2.00 bits per heavy atom. The lowest BCUT2D eigenvalue weighted by molar-refractivity contribution is -0.115. The maximum Gasteiger partial charge on any atom is 0.338 e. The van der Waals surface area contributed by atoms with Crippen LogP contribution in [0.1, 0.15) is 21.7 Å². The highest BCUT2D eigenvalue weighted by atomic mass is 32.2. The Hall–Kier alpha value is -2.80. The minimum atomic E-state index is -0.425. The number of esters is 1. The molecule has 2 aliphatic rings. The normalized spacial score (nSPS) is 18.3. The van der Waals surface area contributed by atoms with Gasteiger partial charge in [0.1, 0.15) is 18.1 Å². The third kappa shape index (κ3) is 2.44. The van der Waals surface area contributed by atoms with Crippen molar-refractivity contribution in [3.05, 3.63) is 52.1 Å². The van der Waals surface area contributed by atoms with Gasteiger partial charge in [-0.1, -0.05) is 6.07 Å². The van der Waals surface area contributed by atoms with Crippen molar-refractivity contribution in [2.45, 2.75) is 6.61 Å². The number of cyclic esters (lactones) is 1. The molecule has 0 bridgehead atoms. The highest BCUT2D eigenvalue weighted by Gasteiger charge is 2.25. The molecule has 114 valence electrons. The maximum absolute atomic E-state index is 11.5. The van der Waals surface area contributed by atoms with Crippen molar-refractivity contribution >= 4 is 35.0 Å². The number of ether oxygens (including phenoxy) is 1. The second-order valence-corrected chi connectivity index (χ2v) is 6.02. The molecule has 0 saturated carbocycles. The molecule has 23 heavy (non-hydrogen) atoms. The molecule has 2 amide bonds. The van der Waals surface area contributed by atoms with Crippen molar-refractivity contribution in [3.63, 3.8) is 0 Å². The molecule has 2 aliphatic heterocycles. The summed E-state index contributed by atoms with van der Waals surface area (Å²) in [5, 5.41) is 1.80. The van der Waals surface area contributed by atoms with Crippen LogP contribution in [0.4, 0.5) is 4.79 Å². The number of rotatable bonds is 2. The first-order valence-electron chi connectivity index (χ1n) is 6.75. The first-order chi connectivity index (χ1) is 11.1. The molecular weight excluding hydrogens is 318 g/mol. The van der Waals surface area contributed by atoms with Crippen molar-refractivity contribution < 1.29 is 23.5 Å². The topological polar surface area (TPSA) is 85.6 Å². The quantitative estimate of drug-likeness (QED) is 0.674. The number of hydrogen-bond donors (Lipinski definition) is 1. The van der Waals surface area contributed by atoms with Gasteiger partial charge in [-0.05, 0) is 36.0 Å². The van der Waals surface area contributed by atoms with Gasteiger partial charge >= 0.3 is 5.97 Å². The SMILES string of the molecule is O=C1NC(=O)C(=Cc2ccc(-c3ccc4c(c3)COC4=O)o2)S1. The number of carbonyl (C=O) groups excluding carboxylic acids is 3. The van der Waals surface area contributed by atoms with Crippen LogP contribution in [0, 0.1) is 0 Å². The lowest BCUT2D eigenvalue weighted by Gasteiger charge is -1.99. The van der Waals surface area contributed by atoms with Gasteiger partial charge in [0, 0.05) is 17.2 Å². The molecular formula is C16H9NO5S. The van der Waals surface area contributed by atoms with Gasteiger partial charge in [0.2, 0.25) is 0 Å². The number of hydrogen-bond acceptors (Lipinski definition) is 6. The Kier molecular flexibility index (Phi) is 3.09. The second-order valence-electron chi connectivity index (χ2n) is 5.00. The van der Waals surface area contributed by atoms with E-state index in [1.807, 2.05) is 6.07 Å². The van der Waals surface area contributed by atoms with Crippen molar-refractivity contribution in [1.29, 1.82) is 0 Å².